The first-order valence-electron chi connectivity index (χ1n) is 5.73. The van der Waals surface area contributed by atoms with Gasteiger partial charge in [-0.25, -0.2) is 0 Å². The molecule has 0 saturated heterocycles. The lowest BCUT2D eigenvalue weighted by atomic mass is 9.98. The van der Waals surface area contributed by atoms with Gasteiger partial charge in [0.15, 0.2) is 0 Å². The summed E-state index contributed by atoms with van der Waals surface area (Å²) in [6.07, 6.45) is 3.14. The standard InChI is InChI=1S/C13H18N2O.ClH/c1-2-3-12(16)13(14)10-4-5-11-9(8-10)6-7-15-11;/h4-8,12-13,15-16H,2-3,14H2,1H3;1H/t12-,13+;/m1./s1. The molecule has 0 unspecified atom stereocenters. The van der Waals surface area contributed by atoms with Gasteiger partial charge in [-0.1, -0.05) is 19.4 Å². The summed E-state index contributed by atoms with van der Waals surface area (Å²) in [5.41, 5.74) is 8.12. The Balaban J connectivity index is 0.00000144. The maximum absolute atomic E-state index is 9.86. The van der Waals surface area contributed by atoms with E-state index >= 15 is 0 Å². The average Bonchev–Trinajstić information content (AvgIpc) is 2.75. The number of aromatic nitrogens is 1. The van der Waals surface area contributed by atoms with Gasteiger partial charge in [-0.05, 0) is 35.6 Å². The topological polar surface area (TPSA) is 62.0 Å². The molecule has 94 valence electrons. The van der Waals surface area contributed by atoms with Crippen LogP contribution < -0.4 is 5.73 Å². The molecule has 3 nitrogen and oxygen atoms in total. The van der Waals surface area contributed by atoms with Crippen molar-refractivity contribution in [1.82, 2.24) is 4.98 Å². The Kier molecular flexibility index (Phi) is 5.00. The maximum atomic E-state index is 9.86. The Bertz CT molecular complexity index is 469. The molecule has 0 aliphatic rings. The van der Waals surface area contributed by atoms with Gasteiger partial charge in [-0.2, -0.15) is 0 Å². The Morgan fingerprint density at radius 2 is 2.12 bits per heavy atom. The Morgan fingerprint density at radius 1 is 1.35 bits per heavy atom. The first kappa shape index (κ1) is 14.0. The van der Waals surface area contributed by atoms with E-state index in [0.717, 1.165) is 29.3 Å². The normalized spacial score (nSPS) is 14.3. The molecule has 0 spiro atoms. The Morgan fingerprint density at radius 3 is 2.82 bits per heavy atom. The van der Waals surface area contributed by atoms with Gasteiger partial charge in [-0.15, -0.1) is 12.4 Å². The number of halogens is 1. The number of H-pyrrole nitrogens is 1. The van der Waals surface area contributed by atoms with Crippen LogP contribution in [0.4, 0.5) is 0 Å². The third-order valence-electron chi connectivity index (χ3n) is 2.96. The molecule has 17 heavy (non-hydrogen) atoms. The summed E-state index contributed by atoms with van der Waals surface area (Å²) >= 11 is 0. The summed E-state index contributed by atoms with van der Waals surface area (Å²) in [5.74, 6) is 0. The molecular weight excluding hydrogens is 236 g/mol. The van der Waals surface area contributed by atoms with Crippen LogP contribution in [0.2, 0.25) is 0 Å². The number of hydrogen-bond donors (Lipinski definition) is 3. The van der Waals surface area contributed by atoms with Crippen LogP contribution in [0.5, 0.6) is 0 Å². The van der Waals surface area contributed by atoms with E-state index in [4.69, 9.17) is 5.73 Å². The van der Waals surface area contributed by atoms with Gasteiger partial charge in [0.25, 0.3) is 0 Å². The summed E-state index contributed by atoms with van der Waals surface area (Å²) in [4.78, 5) is 3.14. The number of hydrogen-bond acceptors (Lipinski definition) is 2. The van der Waals surface area contributed by atoms with Crippen molar-refractivity contribution < 1.29 is 5.11 Å². The van der Waals surface area contributed by atoms with Gasteiger partial charge in [0.2, 0.25) is 0 Å². The average molecular weight is 255 g/mol. The molecule has 0 fully saturated rings. The fourth-order valence-electron chi connectivity index (χ4n) is 1.98. The molecule has 1 aromatic heterocycles. The van der Waals surface area contributed by atoms with Crippen molar-refractivity contribution >= 4 is 23.3 Å². The fourth-order valence-corrected chi connectivity index (χ4v) is 1.98. The number of nitrogens with one attached hydrogen (secondary N) is 1. The maximum Gasteiger partial charge on any atom is 0.0732 e. The monoisotopic (exact) mass is 254 g/mol. The molecule has 4 N–H and O–H groups in total. The van der Waals surface area contributed by atoms with E-state index in [1.54, 1.807) is 0 Å². The fraction of sp³-hybridized carbons (Fsp3) is 0.385. The summed E-state index contributed by atoms with van der Waals surface area (Å²) < 4.78 is 0. The van der Waals surface area contributed by atoms with Crippen molar-refractivity contribution in [2.24, 2.45) is 5.73 Å². The summed E-state index contributed by atoms with van der Waals surface area (Å²) in [6.45, 7) is 2.05. The molecule has 0 aliphatic heterocycles. The van der Waals surface area contributed by atoms with Crippen LogP contribution in [0.25, 0.3) is 10.9 Å². The molecule has 2 rings (SSSR count). The summed E-state index contributed by atoms with van der Waals surface area (Å²) in [6, 6.07) is 7.73. The van der Waals surface area contributed by atoms with Crippen LogP contribution in [0.3, 0.4) is 0 Å². The highest BCUT2D eigenvalue weighted by Crippen LogP contribution is 2.21. The van der Waals surface area contributed by atoms with Gasteiger partial charge in [0, 0.05) is 11.7 Å². The van der Waals surface area contributed by atoms with E-state index in [-0.39, 0.29) is 18.4 Å². The largest absolute Gasteiger partial charge is 0.391 e. The number of fused-ring (bicyclic) bond motifs is 1. The highest BCUT2D eigenvalue weighted by atomic mass is 35.5. The molecule has 0 amide bonds. The lowest BCUT2D eigenvalue weighted by Crippen LogP contribution is -2.25. The second-order valence-corrected chi connectivity index (χ2v) is 4.21. The molecule has 1 aromatic carbocycles. The van der Waals surface area contributed by atoms with E-state index in [0.29, 0.717) is 0 Å². The van der Waals surface area contributed by atoms with Crippen molar-refractivity contribution in [3.63, 3.8) is 0 Å². The van der Waals surface area contributed by atoms with Crippen LogP contribution in [-0.4, -0.2) is 16.2 Å². The summed E-state index contributed by atoms with van der Waals surface area (Å²) in [7, 11) is 0. The molecule has 0 radical (unpaired) electrons. The Hall–Kier alpha value is -1.03. The first-order valence-corrected chi connectivity index (χ1v) is 5.73. The van der Waals surface area contributed by atoms with Crippen molar-refractivity contribution in [1.29, 1.82) is 0 Å². The predicted molar refractivity (Wildman–Crippen MR) is 73.4 cm³/mol. The predicted octanol–water partition coefficient (Wildman–Crippen LogP) is 2.75. The number of rotatable bonds is 4. The molecular formula is C13H19ClN2O. The second-order valence-electron chi connectivity index (χ2n) is 4.21. The molecule has 2 atom stereocenters. The lowest BCUT2D eigenvalue weighted by molar-refractivity contribution is 0.134. The molecule has 0 bridgehead atoms. The highest BCUT2D eigenvalue weighted by Gasteiger charge is 2.15. The van der Waals surface area contributed by atoms with Crippen molar-refractivity contribution in [3.05, 3.63) is 36.0 Å². The zero-order valence-corrected chi connectivity index (χ0v) is 10.7. The van der Waals surface area contributed by atoms with Crippen LogP contribution in [0.15, 0.2) is 30.5 Å². The lowest BCUT2D eigenvalue weighted by Gasteiger charge is -2.18. The van der Waals surface area contributed by atoms with Gasteiger partial charge in [-0.3, -0.25) is 0 Å². The minimum absolute atomic E-state index is 0. The van der Waals surface area contributed by atoms with Gasteiger partial charge in [0.1, 0.15) is 0 Å². The third kappa shape index (κ3) is 3.00. The zero-order valence-electron chi connectivity index (χ0n) is 9.89. The van der Waals surface area contributed by atoms with E-state index in [9.17, 15) is 5.11 Å². The van der Waals surface area contributed by atoms with Gasteiger partial charge >= 0.3 is 0 Å². The molecule has 2 aromatic rings. The van der Waals surface area contributed by atoms with Crippen molar-refractivity contribution in [2.75, 3.05) is 0 Å². The summed E-state index contributed by atoms with van der Waals surface area (Å²) in [5, 5.41) is 11.0. The third-order valence-corrected chi connectivity index (χ3v) is 2.96. The number of nitrogens with two attached hydrogens (primary N) is 1. The number of aromatic amines is 1. The quantitative estimate of drug-likeness (QED) is 0.786. The minimum Gasteiger partial charge on any atom is -0.391 e. The van der Waals surface area contributed by atoms with E-state index in [2.05, 4.69) is 4.98 Å². The van der Waals surface area contributed by atoms with Crippen molar-refractivity contribution in [2.45, 2.75) is 31.9 Å². The zero-order chi connectivity index (χ0) is 11.5. The molecule has 0 aliphatic carbocycles. The van der Waals surface area contributed by atoms with Crippen molar-refractivity contribution in [3.8, 4) is 0 Å². The SMILES string of the molecule is CCC[C@@H](O)[C@@H](N)c1ccc2[nH]ccc2c1.Cl. The Labute approximate surface area is 107 Å². The number of benzene rings is 1. The van der Waals surface area contributed by atoms with Crippen LogP contribution in [-0.2, 0) is 0 Å². The molecule has 1 heterocycles. The second kappa shape index (κ2) is 6.05. The first-order chi connectivity index (χ1) is 7.72. The van der Waals surface area contributed by atoms with Gasteiger partial charge < -0.3 is 15.8 Å². The van der Waals surface area contributed by atoms with E-state index in [1.165, 1.54) is 0 Å². The van der Waals surface area contributed by atoms with E-state index < -0.39 is 6.10 Å². The minimum atomic E-state index is -0.457. The van der Waals surface area contributed by atoms with Crippen LogP contribution >= 0.6 is 12.4 Å². The highest BCUT2D eigenvalue weighted by molar-refractivity contribution is 5.85. The number of aliphatic hydroxyl groups is 1. The van der Waals surface area contributed by atoms with Crippen LogP contribution in [0.1, 0.15) is 31.4 Å². The van der Waals surface area contributed by atoms with Crippen LogP contribution in [0, 0.1) is 0 Å². The smallest absolute Gasteiger partial charge is 0.0732 e. The molecule has 0 saturated carbocycles. The van der Waals surface area contributed by atoms with Gasteiger partial charge in [0.05, 0.1) is 12.1 Å². The number of aliphatic hydroxyl groups excluding tert-OH is 1. The van der Waals surface area contributed by atoms with E-state index in [1.807, 2.05) is 37.4 Å². The molecule has 4 heteroatoms.